The molecule has 1 saturated carbocycles. The number of aromatic nitrogens is 5. The van der Waals surface area contributed by atoms with E-state index in [-0.39, 0.29) is 60.8 Å². The Morgan fingerprint density at radius 1 is 0.857 bits per heavy atom. The van der Waals surface area contributed by atoms with Gasteiger partial charge in [0.2, 0.25) is 17.7 Å². The number of thiazole rings is 1. The van der Waals surface area contributed by atoms with Gasteiger partial charge in [-0.2, -0.15) is 0 Å². The van der Waals surface area contributed by atoms with Crippen LogP contribution in [0.2, 0.25) is 0 Å². The van der Waals surface area contributed by atoms with E-state index in [0.717, 1.165) is 136 Å². The van der Waals surface area contributed by atoms with Crippen molar-refractivity contribution < 1.29 is 38.5 Å². The zero-order chi connectivity index (χ0) is 58.0. The fourth-order valence-electron chi connectivity index (χ4n) is 13.8. The number of aliphatic hydroxyl groups is 1. The molecule has 84 heavy (non-hydrogen) atoms. The van der Waals surface area contributed by atoms with Gasteiger partial charge in [-0.25, -0.2) is 9.97 Å². The summed E-state index contributed by atoms with van der Waals surface area (Å²) in [4.78, 5) is 50.1. The van der Waals surface area contributed by atoms with Crippen molar-refractivity contribution in [1.82, 2.24) is 40.4 Å². The van der Waals surface area contributed by atoms with Gasteiger partial charge in [0.05, 0.1) is 51.8 Å². The number of nitrogens with zero attached hydrogens (tertiary/aromatic N) is 10. The number of piperidine rings is 2. The summed E-state index contributed by atoms with van der Waals surface area (Å²) in [6, 6.07) is 22.7. The first-order valence-corrected chi connectivity index (χ1v) is 31.2. The molecular weight excluding hydrogens is 1080 g/mol. The van der Waals surface area contributed by atoms with Crippen LogP contribution in [-0.2, 0) is 19.1 Å². The molecule has 5 saturated heterocycles. The van der Waals surface area contributed by atoms with Crippen molar-refractivity contribution in [3.05, 3.63) is 102 Å². The van der Waals surface area contributed by atoms with Gasteiger partial charge < -0.3 is 64.5 Å². The molecule has 2 aromatic carbocycles. The standard InChI is InChI=1S/C63H80N12O8S/c1-38(2)59(63(79)74-36-46(76)28-54(74)62(78)67-51(20-26-80-4)41-9-11-42(12-10-41)60-39(3)66-37-84-60)56-32-57(70-83-56)72-24-16-40(17-25-72)33-71-22-18-47(19-23-71)81-48-29-49(30-48)82-58-27-43(15-21-65-58)75-44-13-14-45(75)35-73(34-44)53-31-52(68-69-61(53)64)50-7-5-6-8-55(50)77/h5-12,15,21,27,31-32,37-38,40,44-49,51,54,59,76-77H,13-14,16-20,22-26,28-30,33-36H2,1-4H3,(H2,64,69)(H,67,78)/t44?,45?,46-,48-,49-,51-,54+,59-/m1/s1. The smallest absolute Gasteiger partial charge is 0.243 e. The summed E-state index contributed by atoms with van der Waals surface area (Å²) in [5.41, 5.74) is 14.4. The van der Waals surface area contributed by atoms with E-state index in [4.69, 9.17) is 24.5 Å². The number of aryl methyl sites for hydroxylation is 1. The maximum atomic E-state index is 14.6. The van der Waals surface area contributed by atoms with Gasteiger partial charge in [-0.05, 0) is 99.1 Å². The number of aromatic hydroxyl groups is 1. The molecule has 446 valence electrons. The number of aliphatic hydroxyl groups excluding tert-OH is 1. The number of amides is 2. The van der Waals surface area contributed by atoms with E-state index >= 15 is 0 Å². The third-order valence-electron chi connectivity index (χ3n) is 18.4. The Kier molecular flexibility index (Phi) is 17.4. The number of ether oxygens (including phenoxy) is 3. The van der Waals surface area contributed by atoms with E-state index in [1.165, 1.54) is 0 Å². The fraction of sp³-hybridized carbons (Fsp3) is 0.540. The predicted octanol–water partition coefficient (Wildman–Crippen LogP) is 8.01. The van der Waals surface area contributed by atoms with Gasteiger partial charge in [-0.1, -0.05) is 55.4 Å². The van der Waals surface area contributed by atoms with Crippen molar-refractivity contribution in [3.63, 3.8) is 0 Å². The van der Waals surface area contributed by atoms with Crippen molar-refractivity contribution in [3.8, 4) is 33.3 Å². The number of phenols is 1. The van der Waals surface area contributed by atoms with Gasteiger partial charge in [0.15, 0.2) is 17.4 Å². The summed E-state index contributed by atoms with van der Waals surface area (Å²) in [5, 5.41) is 37.7. The molecule has 21 heteroatoms. The first kappa shape index (κ1) is 57.5. The summed E-state index contributed by atoms with van der Waals surface area (Å²) in [5.74, 6) is 1.62. The second kappa shape index (κ2) is 25.4. The zero-order valence-corrected chi connectivity index (χ0v) is 49.5. The highest BCUT2D eigenvalue weighted by Gasteiger charge is 2.45. The van der Waals surface area contributed by atoms with E-state index in [2.05, 4.69) is 62.4 Å². The van der Waals surface area contributed by atoms with Crippen LogP contribution in [-0.4, -0.2) is 166 Å². The molecule has 0 spiro atoms. The number of nitrogen functional groups attached to an aromatic ring is 1. The number of para-hydroxylation sites is 1. The summed E-state index contributed by atoms with van der Waals surface area (Å²) in [6.07, 6.45) is 10.3. The number of rotatable bonds is 20. The second-order valence-electron chi connectivity index (χ2n) is 24.4. The van der Waals surface area contributed by atoms with Gasteiger partial charge in [-0.15, -0.1) is 21.5 Å². The number of nitrogens with one attached hydrogen (secondary N) is 1. The van der Waals surface area contributed by atoms with Crippen LogP contribution >= 0.6 is 11.3 Å². The number of nitrogens with two attached hydrogens (primary N) is 1. The molecular formula is C63H80N12O8S. The van der Waals surface area contributed by atoms with Gasteiger partial charge in [-0.3, -0.25) is 9.59 Å². The molecule has 6 aromatic rings. The summed E-state index contributed by atoms with van der Waals surface area (Å²) in [6.45, 7) is 12.9. The molecule has 5 N–H and O–H groups in total. The van der Waals surface area contributed by atoms with Crippen LogP contribution in [0.15, 0.2) is 89.0 Å². The number of carbonyl (C=O) groups excluding carboxylic acids is 2. The monoisotopic (exact) mass is 1160 g/mol. The predicted molar refractivity (Wildman–Crippen MR) is 322 cm³/mol. The normalized spacial score (nSPS) is 23.9. The molecule has 6 fully saturated rings. The Balaban J connectivity index is 0.571. The van der Waals surface area contributed by atoms with Crippen molar-refractivity contribution >= 4 is 46.2 Å². The molecule has 1 aliphatic carbocycles. The van der Waals surface area contributed by atoms with Gasteiger partial charge in [0.25, 0.3) is 0 Å². The van der Waals surface area contributed by atoms with E-state index in [1.54, 1.807) is 35.5 Å². The lowest BCUT2D eigenvalue weighted by molar-refractivity contribution is -0.141. The van der Waals surface area contributed by atoms with E-state index in [0.29, 0.717) is 59.7 Å². The number of hydrogen-bond donors (Lipinski definition) is 4. The molecule has 12 rings (SSSR count). The number of likely N-dealkylation sites (tertiary alicyclic amines) is 2. The molecule has 2 bridgehead atoms. The number of phenolic OH excluding ortho intramolecular Hbond substituents is 1. The first-order chi connectivity index (χ1) is 40.8. The summed E-state index contributed by atoms with van der Waals surface area (Å²) >= 11 is 1.59. The molecule has 6 atom stereocenters. The first-order valence-electron chi connectivity index (χ1n) is 30.3. The number of anilines is 4. The Morgan fingerprint density at radius 2 is 1.62 bits per heavy atom. The topological polar surface area (TPSA) is 234 Å². The van der Waals surface area contributed by atoms with Crippen LogP contribution in [0.4, 0.5) is 23.0 Å². The quantitative estimate of drug-likeness (QED) is 0.0567. The van der Waals surface area contributed by atoms with Gasteiger partial charge in [0.1, 0.15) is 23.8 Å². The second-order valence-corrected chi connectivity index (χ2v) is 25.3. The Morgan fingerprint density at radius 3 is 2.33 bits per heavy atom. The van der Waals surface area contributed by atoms with E-state index < -0.39 is 18.1 Å². The highest BCUT2D eigenvalue weighted by atomic mass is 32.1. The van der Waals surface area contributed by atoms with Crippen LogP contribution in [0.3, 0.4) is 0 Å². The number of methoxy groups -OCH3 is 1. The van der Waals surface area contributed by atoms with Gasteiger partial charge in [0, 0.05) is 127 Å². The number of hydrogen-bond acceptors (Lipinski definition) is 19. The van der Waals surface area contributed by atoms with Crippen LogP contribution in [0, 0.1) is 18.8 Å². The largest absolute Gasteiger partial charge is 0.507 e. The highest BCUT2D eigenvalue weighted by Crippen LogP contribution is 2.41. The van der Waals surface area contributed by atoms with Gasteiger partial charge >= 0.3 is 0 Å². The number of benzene rings is 2. The van der Waals surface area contributed by atoms with Crippen LogP contribution < -0.4 is 30.5 Å². The third-order valence-corrected chi connectivity index (χ3v) is 19.4. The number of carbonyl (C=O) groups is 2. The fourth-order valence-corrected chi connectivity index (χ4v) is 14.6. The molecule has 20 nitrogen and oxygen atoms in total. The molecule has 4 aromatic heterocycles. The molecule has 2 amide bonds. The minimum Gasteiger partial charge on any atom is -0.507 e. The van der Waals surface area contributed by atoms with Crippen LogP contribution in [0.5, 0.6) is 11.6 Å². The lowest BCUT2D eigenvalue weighted by Gasteiger charge is -2.43. The molecule has 0 radical (unpaired) electrons. The SMILES string of the molecule is COCC[C@@H](NC(=O)[C@@H]1C[C@@H](O)CN1C(=O)[C@@H](c1cc(N2CCC(CN3CCC(O[C@H]4C[C@H](Oc5cc(N6C7CCC6CN(c6cc(-c8ccccc8O)nnc6N)C7)ccn5)C4)CC3)CC2)no1)C(C)C)c1ccc(-c2scnc2C)cc1. The minimum atomic E-state index is -0.840. The van der Waals surface area contributed by atoms with Crippen LogP contribution in [0.25, 0.3) is 21.7 Å². The third kappa shape index (κ3) is 12.6. The molecule has 6 aliphatic rings. The maximum absolute atomic E-state index is 14.6. The average Bonchev–Trinajstić information content (AvgIpc) is 4.42. The molecule has 5 aliphatic heterocycles. The Labute approximate surface area is 495 Å². The van der Waals surface area contributed by atoms with Crippen molar-refractivity contribution in [1.29, 1.82) is 0 Å². The van der Waals surface area contributed by atoms with Crippen LogP contribution in [0.1, 0.15) is 107 Å². The lowest BCUT2D eigenvalue weighted by atomic mass is 9.91. The number of fused-ring (bicyclic) bond motifs is 2. The van der Waals surface area contributed by atoms with Crippen molar-refractivity contribution in [2.75, 3.05) is 86.5 Å². The Hall–Kier alpha value is -6.91. The number of pyridine rings is 1. The molecule has 9 heterocycles. The maximum Gasteiger partial charge on any atom is 0.243 e. The van der Waals surface area contributed by atoms with Crippen molar-refractivity contribution in [2.45, 2.75) is 139 Å². The average molecular weight is 1170 g/mol. The van der Waals surface area contributed by atoms with E-state index in [9.17, 15) is 19.8 Å². The molecule has 2 unspecified atom stereocenters. The number of piperazine rings is 1. The zero-order valence-electron chi connectivity index (χ0n) is 48.7. The highest BCUT2D eigenvalue weighted by molar-refractivity contribution is 7.13. The minimum absolute atomic E-state index is 0.0650. The van der Waals surface area contributed by atoms with Crippen molar-refractivity contribution in [2.24, 2.45) is 11.8 Å². The van der Waals surface area contributed by atoms with E-state index in [1.807, 2.05) is 81.0 Å². The summed E-state index contributed by atoms with van der Waals surface area (Å²) < 4.78 is 24.5. The lowest BCUT2D eigenvalue weighted by Crippen LogP contribution is -2.54. The number of β-amino-alcohol motifs (C(OH)–C–C–N with tert-alkyl or cyclic N) is 1. The Bertz CT molecular complexity index is 3200. The summed E-state index contributed by atoms with van der Waals surface area (Å²) in [7, 11) is 1.64.